The molecule has 1 aromatic rings. The molecule has 2 fully saturated rings. The molecule has 1 saturated heterocycles. The molecule has 2 unspecified atom stereocenters. The minimum Gasteiger partial charge on any atom is -0.312 e. The highest BCUT2D eigenvalue weighted by molar-refractivity contribution is 5.01. The zero-order chi connectivity index (χ0) is 14.1. The van der Waals surface area contributed by atoms with Crippen molar-refractivity contribution in [2.75, 3.05) is 13.1 Å². The van der Waals surface area contributed by atoms with Crippen LogP contribution in [0.3, 0.4) is 0 Å². The SMILES string of the molecule is CC1CCNC(C2CC2)CN1Cc1ccn(C(C)C)n1. The number of hydrogen-bond acceptors (Lipinski definition) is 3. The standard InChI is InChI=1S/C16H28N4/c1-12(2)20-9-7-15(18-20)10-19-11-16(14-4-5-14)17-8-6-13(19)3/h7,9,12-14,16-17H,4-6,8,10-11H2,1-3H3. The van der Waals surface area contributed by atoms with Gasteiger partial charge >= 0.3 is 0 Å². The minimum absolute atomic E-state index is 0.450. The quantitative estimate of drug-likeness (QED) is 0.917. The monoisotopic (exact) mass is 276 g/mol. The van der Waals surface area contributed by atoms with E-state index >= 15 is 0 Å². The second-order valence-electron chi connectivity index (χ2n) is 6.85. The summed E-state index contributed by atoms with van der Waals surface area (Å²) < 4.78 is 2.06. The van der Waals surface area contributed by atoms with Gasteiger partial charge in [-0.2, -0.15) is 5.10 Å². The molecule has 0 spiro atoms. The summed E-state index contributed by atoms with van der Waals surface area (Å²) in [5.41, 5.74) is 1.21. The predicted octanol–water partition coefficient (Wildman–Crippen LogP) is 2.43. The van der Waals surface area contributed by atoms with E-state index in [-0.39, 0.29) is 0 Å². The van der Waals surface area contributed by atoms with Crippen molar-refractivity contribution >= 4 is 0 Å². The lowest BCUT2D eigenvalue weighted by molar-refractivity contribution is 0.188. The largest absolute Gasteiger partial charge is 0.312 e. The van der Waals surface area contributed by atoms with Gasteiger partial charge in [0.1, 0.15) is 0 Å². The van der Waals surface area contributed by atoms with Gasteiger partial charge in [-0.05, 0) is 58.6 Å². The van der Waals surface area contributed by atoms with Crippen molar-refractivity contribution in [1.82, 2.24) is 20.0 Å². The number of nitrogens with one attached hydrogen (secondary N) is 1. The Balaban J connectivity index is 1.66. The van der Waals surface area contributed by atoms with Gasteiger partial charge in [-0.15, -0.1) is 0 Å². The van der Waals surface area contributed by atoms with E-state index in [4.69, 9.17) is 5.10 Å². The Morgan fingerprint density at radius 2 is 2.15 bits per heavy atom. The summed E-state index contributed by atoms with van der Waals surface area (Å²) in [7, 11) is 0. The normalized spacial score (nSPS) is 28.8. The average Bonchev–Trinajstić information content (AvgIpc) is 3.16. The lowest BCUT2D eigenvalue weighted by Gasteiger charge is -2.28. The first-order chi connectivity index (χ1) is 9.63. The summed E-state index contributed by atoms with van der Waals surface area (Å²) in [5.74, 6) is 0.927. The molecule has 1 aliphatic carbocycles. The third kappa shape index (κ3) is 3.23. The number of aromatic nitrogens is 2. The van der Waals surface area contributed by atoms with Crippen LogP contribution < -0.4 is 5.32 Å². The highest BCUT2D eigenvalue weighted by Crippen LogP contribution is 2.34. The van der Waals surface area contributed by atoms with Crippen LogP contribution in [0.2, 0.25) is 0 Å². The molecule has 4 nitrogen and oxygen atoms in total. The molecule has 1 aliphatic heterocycles. The first-order valence-corrected chi connectivity index (χ1v) is 8.15. The van der Waals surface area contributed by atoms with E-state index in [1.54, 1.807) is 0 Å². The molecule has 2 heterocycles. The fourth-order valence-electron chi connectivity index (χ4n) is 3.15. The first kappa shape index (κ1) is 14.1. The van der Waals surface area contributed by atoms with E-state index in [2.05, 4.69) is 47.9 Å². The third-order valence-corrected chi connectivity index (χ3v) is 4.77. The van der Waals surface area contributed by atoms with Crippen LogP contribution in [0.5, 0.6) is 0 Å². The van der Waals surface area contributed by atoms with Gasteiger partial charge in [-0.25, -0.2) is 0 Å². The molecule has 3 rings (SSSR count). The second-order valence-corrected chi connectivity index (χ2v) is 6.85. The van der Waals surface area contributed by atoms with Crippen molar-refractivity contribution in [3.63, 3.8) is 0 Å². The third-order valence-electron chi connectivity index (χ3n) is 4.77. The van der Waals surface area contributed by atoms with Gasteiger partial charge in [-0.1, -0.05) is 0 Å². The van der Waals surface area contributed by atoms with E-state index in [0.29, 0.717) is 18.1 Å². The maximum atomic E-state index is 4.71. The summed E-state index contributed by atoms with van der Waals surface area (Å²) in [6, 6.07) is 3.98. The molecule has 4 heteroatoms. The fraction of sp³-hybridized carbons (Fsp3) is 0.812. The van der Waals surface area contributed by atoms with Crippen molar-refractivity contribution in [3.8, 4) is 0 Å². The smallest absolute Gasteiger partial charge is 0.0765 e. The van der Waals surface area contributed by atoms with Crippen LogP contribution in [0.1, 0.15) is 51.8 Å². The molecule has 1 saturated carbocycles. The molecule has 112 valence electrons. The zero-order valence-electron chi connectivity index (χ0n) is 13.0. The minimum atomic E-state index is 0.450. The van der Waals surface area contributed by atoms with Gasteiger partial charge < -0.3 is 5.32 Å². The topological polar surface area (TPSA) is 33.1 Å². The second kappa shape index (κ2) is 5.86. The molecular weight excluding hydrogens is 248 g/mol. The number of rotatable bonds is 4. The predicted molar refractivity (Wildman–Crippen MR) is 81.6 cm³/mol. The summed E-state index contributed by atoms with van der Waals surface area (Å²) in [5, 5.41) is 8.45. The van der Waals surface area contributed by atoms with E-state index in [1.807, 2.05) is 0 Å². The molecule has 2 aliphatic rings. The molecule has 0 amide bonds. The lowest BCUT2D eigenvalue weighted by atomic mass is 10.1. The fourth-order valence-corrected chi connectivity index (χ4v) is 3.15. The summed E-state index contributed by atoms with van der Waals surface area (Å²) >= 11 is 0. The van der Waals surface area contributed by atoms with E-state index < -0.39 is 0 Å². The van der Waals surface area contributed by atoms with Crippen LogP contribution in [0.4, 0.5) is 0 Å². The Labute approximate surface area is 122 Å². The Bertz CT molecular complexity index is 435. The first-order valence-electron chi connectivity index (χ1n) is 8.15. The highest BCUT2D eigenvalue weighted by Gasteiger charge is 2.34. The molecule has 1 aromatic heterocycles. The van der Waals surface area contributed by atoms with Crippen molar-refractivity contribution < 1.29 is 0 Å². The van der Waals surface area contributed by atoms with Crippen molar-refractivity contribution in [1.29, 1.82) is 0 Å². The molecule has 1 N–H and O–H groups in total. The summed E-state index contributed by atoms with van der Waals surface area (Å²) in [6.07, 6.45) is 6.19. The van der Waals surface area contributed by atoms with E-state index in [1.165, 1.54) is 38.0 Å². The Morgan fingerprint density at radius 1 is 1.35 bits per heavy atom. The summed E-state index contributed by atoms with van der Waals surface area (Å²) in [4.78, 5) is 2.62. The maximum absolute atomic E-state index is 4.71. The summed E-state index contributed by atoms with van der Waals surface area (Å²) in [6.45, 7) is 10.1. The molecule has 0 radical (unpaired) electrons. The van der Waals surface area contributed by atoms with Crippen molar-refractivity contribution in [3.05, 3.63) is 18.0 Å². The Hall–Kier alpha value is -0.870. The van der Waals surface area contributed by atoms with Crippen LogP contribution >= 0.6 is 0 Å². The van der Waals surface area contributed by atoms with Crippen LogP contribution in [0.15, 0.2) is 12.3 Å². The Kier molecular flexibility index (Phi) is 4.13. The van der Waals surface area contributed by atoms with Crippen LogP contribution in [-0.2, 0) is 6.54 Å². The number of hydrogen-bond donors (Lipinski definition) is 1. The van der Waals surface area contributed by atoms with Gasteiger partial charge in [-0.3, -0.25) is 9.58 Å². The van der Waals surface area contributed by atoms with Crippen LogP contribution in [0, 0.1) is 5.92 Å². The van der Waals surface area contributed by atoms with Gasteiger partial charge in [0.05, 0.1) is 5.69 Å². The molecule has 20 heavy (non-hydrogen) atoms. The van der Waals surface area contributed by atoms with Gasteiger partial charge in [0.2, 0.25) is 0 Å². The highest BCUT2D eigenvalue weighted by atomic mass is 15.3. The maximum Gasteiger partial charge on any atom is 0.0765 e. The van der Waals surface area contributed by atoms with Gasteiger partial charge in [0, 0.05) is 37.4 Å². The zero-order valence-corrected chi connectivity index (χ0v) is 13.0. The Morgan fingerprint density at radius 3 is 2.80 bits per heavy atom. The van der Waals surface area contributed by atoms with Crippen LogP contribution in [0.25, 0.3) is 0 Å². The van der Waals surface area contributed by atoms with E-state index in [9.17, 15) is 0 Å². The molecule has 2 atom stereocenters. The number of nitrogens with zero attached hydrogens (tertiary/aromatic N) is 3. The molecule has 0 bridgehead atoms. The van der Waals surface area contributed by atoms with Crippen molar-refractivity contribution in [2.24, 2.45) is 5.92 Å². The molecule has 0 aromatic carbocycles. The lowest BCUT2D eigenvalue weighted by Crippen LogP contribution is -2.41. The van der Waals surface area contributed by atoms with Crippen LogP contribution in [-0.4, -0.2) is 39.9 Å². The van der Waals surface area contributed by atoms with Gasteiger partial charge in [0.15, 0.2) is 0 Å². The van der Waals surface area contributed by atoms with Crippen molar-refractivity contribution in [2.45, 2.75) is 64.7 Å². The van der Waals surface area contributed by atoms with Gasteiger partial charge in [0.25, 0.3) is 0 Å². The molecular formula is C16H28N4. The average molecular weight is 276 g/mol. The van der Waals surface area contributed by atoms with E-state index in [0.717, 1.165) is 12.5 Å².